The van der Waals surface area contributed by atoms with Crippen molar-refractivity contribution in [2.75, 3.05) is 59.4 Å². The van der Waals surface area contributed by atoms with E-state index < -0.39 is 0 Å². The summed E-state index contributed by atoms with van der Waals surface area (Å²) in [4.78, 5) is 19.3. The van der Waals surface area contributed by atoms with Crippen LogP contribution in [-0.2, 0) is 0 Å². The number of piperazine rings is 1. The third kappa shape index (κ3) is 5.21. The standard InChI is InChI=1S/C19H34N4O/c1-21-12-14-22(15-13-21)16-18-7-10-23(11-8-18)19(24)20-9-6-17-4-2-3-5-17/h4,18H,2-3,5-16H2,1H3,(H,20,24). The maximum absolute atomic E-state index is 12.3. The van der Waals surface area contributed by atoms with E-state index in [1.54, 1.807) is 0 Å². The number of likely N-dealkylation sites (N-methyl/N-ethyl adjacent to an activating group) is 1. The number of carbonyl (C=O) groups is 1. The smallest absolute Gasteiger partial charge is 0.317 e. The summed E-state index contributed by atoms with van der Waals surface area (Å²) < 4.78 is 0. The van der Waals surface area contributed by atoms with Crippen molar-refractivity contribution < 1.29 is 4.79 Å². The quantitative estimate of drug-likeness (QED) is 0.783. The Morgan fingerprint density at radius 1 is 1.17 bits per heavy atom. The van der Waals surface area contributed by atoms with E-state index in [9.17, 15) is 4.79 Å². The minimum absolute atomic E-state index is 0.145. The molecule has 0 aromatic rings. The van der Waals surface area contributed by atoms with Gasteiger partial charge in [-0.05, 0) is 51.5 Å². The molecule has 24 heavy (non-hydrogen) atoms. The molecule has 0 saturated carbocycles. The zero-order valence-electron chi connectivity index (χ0n) is 15.3. The van der Waals surface area contributed by atoms with E-state index >= 15 is 0 Å². The van der Waals surface area contributed by atoms with Crippen LogP contribution in [-0.4, -0.2) is 80.1 Å². The fraction of sp³-hybridized carbons (Fsp3) is 0.842. The molecule has 0 unspecified atom stereocenters. The number of hydrogen-bond donors (Lipinski definition) is 1. The summed E-state index contributed by atoms with van der Waals surface area (Å²) in [6.07, 6.45) is 9.44. The third-order valence-corrected chi connectivity index (χ3v) is 5.87. The highest BCUT2D eigenvalue weighted by molar-refractivity contribution is 5.74. The Morgan fingerprint density at radius 2 is 1.92 bits per heavy atom. The molecule has 2 amide bonds. The molecular formula is C19H34N4O. The summed E-state index contributed by atoms with van der Waals surface area (Å²) in [7, 11) is 2.21. The Labute approximate surface area is 147 Å². The molecule has 5 heteroatoms. The van der Waals surface area contributed by atoms with E-state index in [1.165, 1.54) is 57.6 Å². The molecule has 1 aliphatic carbocycles. The second-order valence-electron chi connectivity index (χ2n) is 7.77. The number of hydrogen-bond acceptors (Lipinski definition) is 3. The number of allylic oxidation sites excluding steroid dienone is 1. The first-order chi connectivity index (χ1) is 11.7. The van der Waals surface area contributed by atoms with Crippen molar-refractivity contribution in [3.05, 3.63) is 11.6 Å². The van der Waals surface area contributed by atoms with E-state index in [2.05, 4.69) is 28.2 Å². The highest BCUT2D eigenvalue weighted by atomic mass is 16.2. The molecule has 0 spiro atoms. The van der Waals surface area contributed by atoms with E-state index in [0.717, 1.165) is 44.8 Å². The molecule has 2 fully saturated rings. The van der Waals surface area contributed by atoms with E-state index in [0.29, 0.717) is 0 Å². The van der Waals surface area contributed by atoms with Gasteiger partial charge in [0.15, 0.2) is 0 Å². The Morgan fingerprint density at radius 3 is 2.58 bits per heavy atom. The number of amides is 2. The first-order valence-electron chi connectivity index (χ1n) is 9.82. The molecule has 0 atom stereocenters. The zero-order valence-corrected chi connectivity index (χ0v) is 15.3. The normalized spacial score (nSPS) is 24.2. The number of urea groups is 1. The maximum Gasteiger partial charge on any atom is 0.317 e. The van der Waals surface area contributed by atoms with Crippen LogP contribution in [0.3, 0.4) is 0 Å². The Balaban J connectivity index is 1.30. The number of carbonyl (C=O) groups excluding carboxylic acids is 1. The Hall–Kier alpha value is -1.07. The zero-order chi connectivity index (χ0) is 16.8. The van der Waals surface area contributed by atoms with Crippen molar-refractivity contribution in [1.82, 2.24) is 20.0 Å². The number of piperidine rings is 1. The van der Waals surface area contributed by atoms with Gasteiger partial charge in [0.1, 0.15) is 0 Å². The number of likely N-dealkylation sites (tertiary alicyclic amines) is 1. The van der Waals surface area contributed by atoms with Gasteiger partial charge in [0, 0.05) is 52.4 Å². The molecule has 1 N–H and O–H groups in total. The SMILES string of the molecule is CN1CCN(CC2CCN(C(=O)NCCC3=CCCC3)CC2)CC1. The molecule has 5 nitrogen and oxygen atoms in total. The van der Waals surface area contributed by atoms with Gasteiger partial charge in [-0.15, -0.1) is 0 Å². The van der Waals surface area contributed by atoms with Crippen LogP contribution in [0, 0.1) is 5.92 Å². The predicted octanol–water partition coefficient (Wildman–Crippen LogP) is 2.16. The van der Waals surface area contributed by atoms with Crippen molar-refractivity contribution in [3.8, 4) is 0 Å². The second kappa shape index (κ2) is 8.86. The summed E-state index contributed by atoms with van der Waals surface area (Å²) in [5.74, 6) is 0.765. The van der Waals surface area contributed by atoms with Gasteiger partial charge >= 0.3 is 6.03 Å². The fourth-order valence-corrected chi connectivity index (χ4v) is 4.12. The molecule has 136 valence electrons. The van der Waals surface area contributed by atoms with E-state index in [-0.39, 0.29) is 6.03 Å². The minimum Gasteiger partial charge on any atom is -0.338 e. The summed E-state index contributed by atoms with van der Waals surface area (Å²) in [5, 5.41) is 3.11. The highest BCUT2D eigenvalue weighted by Gasteiger charge is 2.25. The molecular weight excluding hydrogens is 300 g/mol. The van der Waals surface area contributed by atoms with Crippen molar-refractivity contribution in [3.63, 3.8) is 0 Å². The van der Waals surface area contributed by atoms with Crippen molar-refractivity contribution >= 4 is 6.03 Å². The Bertz CT molecular complexity index is 435. The summed E-state index contributed by atoms with van der Waals surface area (Å²) in [5.41, 5.74) is 1.53. The lowest BCUT2D eigenvalue weighted by Crippen LogP contribution is -2.49. The van der Waals surface area contributed by atoms with Gasteiger partial charge in [-0.3, -0.25) is 0 Å². The first kappa shape index (κ1) is 17.7. The molecule has 0 radical (unpaired) electrons. The summed E-state index contributed by atoms with van der Waals surface area (Å²) >= 11 is 0. The topological polar surface area (TPSA) is 38.8 Å². The van der Waals surface area contributed by atoms with Crippen molar-refractivity contribution in [2.45, 2.75) is 38.5 Å². The van der Waals surface area contributed by atoms with E-state index in [1.807, 2.05) is 4.90 Å². The van der Waals surface area contributed by atoms with Crippen LogP contribution in [0.5, 0.6) is 0 Å². The van der Waals surface area contributed by atoms with Gasteiger partial charge in [0.25, 0.3) is 0 Å². The van der Waals surface area contributed by atoms with Crippen LogP contribution in [0.2, 0.25) is 0 Å². The average Bonchev–Trinajstić information content (AvgIpc) is 3.11. The molecule has 0 aromatic carbocycles. The van der Waals surface area contributed by atoms with E-state index in [4.69, 9.17) is 0 Å². The van der Waals surface area contributed by atoms with Crippen LogP contribution in [0.4, 0.5) is 4.79 Å². The number of nitrogens with one attached hydrogen (secondary N) is 1. The number of nitrogens with zero attached hydrogens (tertiary/aromatic N) is 3. The summed E-state index contributed by atoms with van der Waals surface area (Å²) in [6.45, 7) is 8.65. The van der Waals surface area contributed by atoms with Gasteiger partial charge in [-0.1, -0.05) is 11.6 Å². The van der Waals surface area contributed by atoms with Gasteiger partial charge < -0.3 is 20.0 Å². The molecule has 2 aliphatic heterocycles. The van der Waals surface area contributed by atoms with Crippen molar-refractivity contribution in [2.24, 2.45) is 5.92 Å². The second-order valence-corrected chi connectivity index (χ2v) is 7.77. The van der Waals surface area contributed by atoms with Crippen LogP contribution in [0.15, 0.2) is 11.6 Å². The number of rotatable bonds is 5. The minimum atomic E-state index is 0.145. The Kier molecular flexibility index (Phi) is 6.55. The maximum atomic E-state index is 12.3. The van der Waals surface area contributed by atoms with Crippen LogP contribution in [0.1, 0.15) is 38.5 Å². The lowest BCUT2D eigenvalue weighted by atomic mass is 9.96. The van der Waals surface area contributed by atoms with Gasteiger partial charge in [-0.25, -0.2) is 4.79 Å². The molecule has 2 saturated heterocycles. The molecule has 3 rings (SSSR count). The molecule has 0 aromatic heterocycles. The van der Waals surface area contributed by atoms with Gasteiger partial charge in [-0.2, -0.15) is 0 Å². The lowest BCUT2D eigenvalue weighted by molar-refractivity contribution is 0.111. The largest absolute Gasteiger partial charge is 0.338 e. The van der Waals surface area contributed by atoms with Crippen LogP contribution >= 0.6 is 0 Å². The fourth-order valence-electron chi connectivity index (χ4n) is 4.12. The van der Waals surface area contributed by atoms with Crippen molar-refractivity contribution in [1.29, 1.82) is 0 Å². The predicted molar refractivity (Wildman–Crippen MR) is 98.2 cm³/mol. The average molecular weight is 335 g/mol. The lowest BCUT2D eigenvalue weighted by Gasteiger charge is -2.37. The van der Waals surface area contributed by atoms with Gasteiger partial charge in [0.2, 0.25) is 0 Å². The first-order valence-corrected chi connectivity index (χ1v) is 9.82. The molecule has 2 heterocycles. The van der Waals surface area contributed by atoms with Gasteiger partial charge in [0.05, 0.1) is 0 Å². The molecule has 3 aliphatic rings. The highest BCUT2D eigenvalue weighted by Crippen LogP contribution is 2.21. The van der Waals surface area contributed by atoms with Crippen LogP contribution in [0.25, 0.3) is 0 Å². The van der Waals surface area contributed by atoms with Crippen LogP contribution < -0.4 is 5.32 Å². The molecule has 0 bridgehead atoms. The summed E-state index contributed by atoms with van der Waals surface area (Å²) in [6, 6.07) is 0.145. The third-order valence-electron chi connectivity index (χ3n) is 5.87. The monoisotopic (exact) mass is 334 g/mol.